The zero-order valence-corrected chi connectivity index (χ0v) is 9.69. The summed E-state index contributed by atoms with van der Waals surface area (Å²) in [6.45, 7) is 0.860. The van der Waals surface area contributed by atoms with Crippen molar-refractivity contribution >= 4 is 0 Å². The van der Waals surface area contributed by atoms with Gasteiger partial charge in [0.2, 0.25) is 0 Å². The Morgan fingerprint density at radius 3 is 2.94 bits per heavy atom. The number of hydrogen-bond acceptors (Lipinski definition) is 3. The molecule has 0 radical (unpaired) electrons. The molecule has 2 fully saturated rings. The maximum Gasteiger partial charge on any atom is 0.124 e. The van der Waals surface area contributed by atoms with Gasteiger partial charge in [-0.25, -0.2) is 0 Å². The van der Waals surface area contributed by atoms with Crippen LogP contribution in [0.5, 0.6) is 0 Å². The van der Waals surface area contributed by atoms with Gasteiger partial charge in [0.05, 0.1) is 5.69 Å². The van der Waals surface area contributed by atoms with Gasteiger partial charge in [-0.15, -0.1) is 0 Å². The van der Waals surface area contributed by atoms with Crippen molar-refractivity contribution in [1.82, 2.24) is 10.5 Å². The second-order valence-electron chi connectivity index (χ2n) is 5.33. The first kappa shape index (κ1) is 10.3. The van der Waals surface area contributed by atoms with Crippen molar-refractivity contribution in [2.45, 2.75) is 51.1 Å². The zero-order valence-electron chi connectivity index (χ0n) is 9.69. The number of hydrogen-bond donors (Lipinski definition) is 1. The summed E-state index contributed by atoms with van der Waals surface area (Å²) in [5.74, 6) is 2.07. The van der Waals surface area contributed by atoms with Gasteiger partial charge in [0.25, 0.3) is 0 Å². The Balaban J connectivity index is 1.47. The van der Waals surface area contributed by atoms with Gasteiger partial charge in [0.1, 0.15) is 6.26 Å². The van der Waals surface area contributed by atoms with Crippen molar-refractivity contribution in [3.63, 3.8) is 0 Å². The summed E-state index contributed by atoms with van der Waals surface area (Å²) in [6, 6.07) is 2.64. The van der Waals surface area contributed by atoms with Crippen LogP contribution in [0.3, 0.4) is 0 Å². The van der Waals surface area contributed by atoms with Crippen molar-refractivity contribution in [2.24, 2.45) is 11.8 Å². The van der Waals surface area contributed by atoms with Crippen LogP contribution in [0.15, 0.2) is 16.9 Å². The van der Waals surface area contributed by atoms with E-state index < -0.39 is 0 Å². The summed E-state index contributed by atoms with van der Waals surface area (Å²) in [5, 5.41) is 7.54. The Morgan fingerprint density at radius 2 is 2.19 bits per heavy atom. The van der Waals surface area contributed by atoms with Crippen LogP contribution in [0.2, 0.25) is 0 Å². The molecule has 88 valence electrons. The minimum Gasteiger partial charge on any atom is -0.364 e. The molecule has 0 saturated heterocycles. The molecule has 3 heteroatoms. The zero-order chi connectivity index (χ0) is 10.8. The van der Waals surface area contributed by atoms with Gasteiger partial charge in [-0.3, -0.25) is 0 Å². The van der Waals surface area contributed by atoms with Gasteiger partial charge < -0.3 is 9.84 Å². The molecular formula is C13H20N2O. The number of nitrogens with one attached hydrogen (secondary N) is 1. The Kier molecular flexibility index (Phi) is 2.96. The first-order valence-electron chi connectivity index (χ1n) is 6.54. The van der Waals surface area contributed by atoms with E-state index in [1.165, 1.54) is 38.5 Å². The molecule has 0 aliphatic heterocycles. The molecule has 3 nitrogen and oxygen atoms in total. The number of rotatable bonds is 4. The molecule has 1 aromatic heterocycles. The molecule has 2 saturated carbocycles. The summed E-state index contributed by atoms with van der Waals surface area (Å²) in [4.78, 5) is 0. The van der Waals surface area contributed by atoms with Crippen LogP contribution in [-0.2, 0) is 6.54 Å². The highest BCUT2D eigenvalue weighted by Gasteiger charge is 2.34. The van der Waals surface area contributed by atoms with Crippen LogP contribution in [0.25, 0.3) is 0 Å². The minimum absolute atomic E-state index is 0.705. The number of aromatic nitrogens is 1. The SMILES string of the molecule is c1cc(CNC2CCCC(C3CC3)C2)no1. The fourth-order valence-corrected chi connectivity index (χ4v) is 2.99. The first-order valence-corrected chi connectivity index (χ1v) is 6.54. The lowest BCUT2D eigenvalue weighted by Gasteiger charge is -2.29. The molecule has 3 rings (SSSR count). The van der Waals surface area contributed by atoms with E-state index >= 15 is 0 Å². The Morgan fingerprint density at radius 1 is 1.25 bits per heavy atom. The lowest BCUT2D eigenvalue weighted by molar-refractivity contribution is 0.258. The fourth-order valence-electron chi connectivity index (χ4n) is 2.99. The lowest BCUT2D eigenvalue weighted by Crippen LogP contribution is -2.34. The molecule has 0 spiro atoms. The topological polar surface area (TPSA) is 38.1 Å². The molecule has 2 unspecified atom stereocenters. The maximum atomic E-state index is 4.83. The van der Waals surface area contributed by atoms with E-state index in [1.54, 1.807) is 6.26 Å². The van der Waals surface area contributed by atoms with Crippen LogP contribution >= 0.6 is 0 Å². The predicted molar refractivity (Wildman–Crippen MR) is 61.8 cm³/mol. The maximum absolute atomic E-state index is 4.83. The van der Waals surface area contributed by atoms with Crippen molar-refractivity contribution in [1.29, 1.82) is 0 Å². The molecule has 0 aromatic carbocycles. The predicted octanol–water partition coefficient (Wildman–Crippen LogP) is 2.73. The van der Waals surface area contributed by atoms with E-state index in [2.05, 4.69) is 10.5 Å². The quantitative estimate of drug-likeness (QED) is 0.847. The second kappa shape index (κ2) is 4.58. The highest BCUT2D eigenvalue weighted by molar-refractivity contribution is 4.95. The van der Waals surface area contributed by atoms with Crippen molar-refractivity contribution < 1.29 is 4.52 Å². The molecule has 0 bridgehead atoms. The molecule has 2 atom stereocenters. The van der Waals surface area contributed by atoms with Crippen LogP contribution < -0.4 is 5.32 Å². The van der Waals surface area contributed by atoms with Crippen LogP contribution in [-0.4, -0.2) is 11.2 Å². The standard InChI is InChI=1S/C13H20N2O/c1-2-11(10-4-5-10)8-12(3-1)14-9-13-6-7-16-15-13/h6-7,10-12,14H,1-5,8-9H2. The highest BCUT2D eigenvalue weighted by atomic mass is 16.5. The first-order chi connectivity index (χ1) is 7.92. The van der Waals surface area contributed by atoms with E-state index in [-0.39, 0.29) is 0 Å². The van der Waals surface area contributed by atoms with Crippen LogP contribution in [0.4, 0.5) is 0 Å². The van der Waals surface area contributed by atoms with Crippen molar-refractivity contribution in [2.75, 3.05) is 0 Å². The molecule has 1 N–H and O–H groups in total. The average Bonchev–Trinajstić information content (AvgIpc) is 3.05. The van der Waals surface area contributed by atoms with E-state index in [0.717, 1.165) is 24.1 Å². The van der Waals surface area contributed by atoms with Gasteiger partial charge in [0.15, 0.2) is 0 Å². The van der Waals surface area contributed by atoms with Gasteiger partial charge in [-0.2, -0.15) is 0 Å². The summed E-state index contributed by atoms with van der Waals surface area (Å²) in [7, 11) is 0. The third-order valence-corrected chi connectivity index (χ3v) is 4.07. The monoisotopic (exact) mass is 220 g/mol. The summed E-state index contributed by atoms with van der Waals surface area (Å²) in [6.07, 6.45) is 10.2. The molecule has 16 heavy (non-hydrogen) atoms. The van der Waals surface area contributed by atoms with Gasteiger partial charge in [-0.1, -0.05) is 18.0 Å². The summed E-state index contributed by atoms with van der Waals surface area (Å²) < 4.78 is 4.83. The van der Waals surface area contributed by atoms with E-state index in [9.17, 15) is 0 Å². The van der Waals surface area contributed by atoms with Gasteiger partial charge in [0, 0.05) is 18.7 Å². The molecule has 1 aromatic rings. The van der Waals surface area contributed by atoms with E-state index in [4.69, 9.17) is 4.52 Å². The molecule has 2 aliphatic rings. The Bertz CT molecular complexity index is 319. The summed E-state index contributed by atoms with van der Waals surface area (Å²) in [5.41, 5.74) is 1.02. The molecule has 2 aliphatic carbocycles. The number of nitrogens with zero attached hydrogens (tertiary/aromatic N) is 1. The van der Waals surface area contributed by atoms with Gasteiger partial charge >= 0.3 is 0 Å². The van der Waals surface area contributed by atoms with Crippen LogP contribution in [0.1, 0.15) is 44.2 Å². The van der Waals surface area contributed by atoms with E-state index in [0.29, 0.717) is 6.04 Å². The van der Waals surface area contributed by atoms with Crippen molar-refractivity contribution in [3.8, 4) is 0 Å². The van der Waals surface area contributed by atoms with Crippen LogP contribution in [0, 0.1) is 11.8 Å². The normalized spacial score (nSPS) is 30.5. The highest BCUT2D eigenvalue weighted by Crippen LogP contribution is 2.43. The smallest absolute Gasteiger partial charge is 0.124 e. The lowest BCUT2D eigenvalue weighted by atomic mass is 9.83. The Labute approximate surface area is 96.6 Å². The van der Waals surface area contributed by atoms with E-state index in [1.807, 2.05) is 6.07 Å². The van der Waals surface area contributed by atoms with Gasteiger partial charge in [-0.05, 0) is 37.5 Å². The molecule has 0 amide bonds. The van der Waals surface area contributed by atoms with Crippen molar-refractivity contribution in [3.05, 3.63) is 18.0 Å². The Hall–Kier alpha value is -0.830. The largest absolute Gasteiger partial charge is 0.364 e. The third kappa shape index (κ3) is 2.46. The average molecular weight is 220 g/mol. The second-order valence-corrected chi connectivity index (χ2v) is 5.33. The fraction of sp³-hybridized carbons (Fsp3) is 0.769. The molecular weight excluding hydrogens is 200 g/mol. The minimum atomic E-state index is 0.705. The third-order valence-electron chi connectivity index (χ3n) is 4.07. The summed E-state index contributed by atoms with van der Waals surface area (Å²) >= 11 is 0. The molecule has 1 heterocycles.